The molecule has 1 saturated heterocycles. The van der Waals surface area contributed by atoms with Crippen LogP contribution in [0.5, 0.6) is 11.5 Å². The summed E-state index contributed by atoms with van der Waals surface area (Å²) in [5, 5.41) is 0. The van der Waals surface area contributed by atoms with Crippen LogP contribution in [-0.2, 0) is 13.1 Å². The van der Waals surface area contributed by atoms with E-state index in [1.54, 1.807) is 7.11 Å². The van der Waals surface area contributed by atoms with Gasteiger partial charge in [-0.1, -0.05) is 36.4 Å². The molecule has 0 aromatic heterocycles. The van der Waals surface area contributed by atoms with Crippen LogP contribution in [0.25, 0.3) is 0 Å². The lowest BCUT2D eigenvalue weighted by atomic mass is 10.1. The van der Waals surface area contributed by atoms with Crippen molar-refractivity contribution in [2.24, 2.45) is 0 Å². The van der Waals surface area contributed by atoms with E-state index in [0.29, 0.717) is 6.61 Å². The third-order valence-corrected chi connectivity index (χ3v) is 5.70. The molecule has 0 saturated carbocycles. The number of hydrogen-bond acceptors (Lipinski definition) is 4. The zero-order valence-electron chi connectivity index (χ0n) is 18.1. The van der Waals surface area contributed by atoms with Gasteiger partial charge in [-0.15, -0.1) is 0 Å². The van der Waals surface area contributed by atoms with Crippen molar-refractivity contribution in [1.29, 1.82) is 0 Å². The SMILES string of the molecule is CCOc1ccc(CN2CCN(Cc3ccc(F)cc3)[C@@H]2c2ccc(OC)cc2)cc1. The normalized spacial score (nSPS) is 17.1. The second-order valence-electron chi connectivity index (χ2n) is 7.79. The lowest BCUT2D eigenvalue weighted by Crippen LogP contribution is -2.30. The molecule has 3 aromatic carbocycles. The van der Waals surface area contributed by atoms with Gasteiger partial charge in [-0.25, -0.2) is 4.39 Å². The van der Waals surface area contributed by atoms with Crippen molar-refractivity contribution < 1.29 is 13.9 Å². The highest BCUT2D eigenvalue weighted by molar-refractivity contribution is 5.31. The van der Waals surface area contributed by atoms with E-state index in [1.165, 1.54) is 23.3 Å². The summed E-state index contributed by atoms with van der Waals surface area (Å²) in [4.78, 5) is 4.94. The van der Waals surface area contributed by atoms with E-state index < -0.39 is 0 Å². The van der Waals surface area contributed by atoms with Gasteiger partial charge in [0.15, 0.2) is 0 Å². The van der Waals surface area contributed by atoms with Crippen LogP contribution in [0, 0.1) is 5.82 Å². The van der Waals surface area contributed by atoms with Gasteiger partial charge in [-0.2, -0.15) is 0 Å². The van der Waals surface area contributed by atoms with Gasteiger partial charge in [0.2, 0.25) is 0 Å². The third kappa shape index (κ3) is 5.24. The van der Waals surface area contributed by atoms with Gasteiger partial charge in [0.05, 0.1) is 19.9 Å². The fraction of sp³-hybridized carbons (Fsp3) is 0.308. The highest BCUT2D eigenvalue weighted by atomic mass is 19.1. The minimum Gasteiger partial charge on any atom is -0.497 e. The monoisotopic (exact) mass is 420 g/mol. The first-order valence-corrected chi connectivity index (χ1v) is 10.7. The summed E-state index contributed by atoms with van der Waals surface area (Å²) in [5.74, 6) is 1.55. The smallest absolute Gasteiger partial charge is 0.123 e. The number of rotatable bonds is 8. The minimum absolute atomic E-state index is 0.141. The average Bonchev–Trinajstić information content (AvgIpc) is 3.18. The Kier molecular flexibility index (Phi) is 6.85. The number of hydrogen-bond donors (Lipinski definition) is 0. The zero-order chi connectivity index (χ0) is 21.6. The summed E-state index contributed by atoms with van der Waals surface area (Å²) in [6.45, 7) is 6.20. The second-order valence-corrected chi connectivity index (χ2v) is 7.79. The lowest BCUT2D eigenvalue weighted by Gasteiger charge is -2.31. The fourth-order valence-electron chi connectivity index (χ4n) is 4.18. The van der Waals surface area contributed by atoms with Crippen molar-refractivity contribution in [2.75, 3.05) is 26.8 Å². The Labute approximate surface area is 183 Å². The molecule has 0 aliphatic carbocycles. The first-order valence-electron chi connectivity index (χ1n) is 10.7. The first kappa shape index (κ1) is 21.3. The van der Waals surface area contributed by atoms with Crippen molar-refractivity contribution in [3.63, 3.8) is 0 Å². The van der Waals surface area contributed by atoms with Crippen LogP contribution in [0.4, 0.5) is 4.39 Å². The van der Waals surface area contributed by atoms with Crippen LogP contribution in [0.15, 0.2) is 72.8 Å². The highest BCUT2D eigenvalue weighted by Crippen LogP contribution is 2.33. The lowest BCUT2D eigenvalue weighted by molar-refractivity contribution is 0.125. The van der Waals surface area contributed by atoms with Gasteiger partial charge in [-0.3, -0.25) is 9.80 Å². The van der Waals surface area contributed by atoms with Gasteiger partial charge < -0.3 is 9.47 Å². The van der Waals surface area contributed by atoms with Crippen LogP contribution in [0.3, 0.4) is 0 Å². The molecule has 0 unspecified atom stereocenters. The van der Waals surface area contributed by atoms with Gasteiger partial charge >= 0.3 is 0 Å². The van der Waals surface area contributed by atoms with Crippen LogP contribution in [0.2, 0.25) is 0 Å². The number of methoxy groups -OCH3 is 1. The van der Waals surface area contributed by atoms with Crippen LogP contribution >= 0.6 is 0 Å². The molecule has 0 radical (unpaired) electrons. The van der Waals surface area contributed by atoms with Gasteiger partial charge in [0.1, 0.15) is 17.3 Å². The quantitative estimate of drug-likeness (QED) is 0.497. The Hall–Kier alpha value is -2.89. The van der Waals surface area contributed by atoms with Crippen LogP contribution in [0.1, 0.15) is 29.8 Å². The highest BCUT2D eigenvalue weighted by Gasteiger charge is 2.33. The molecule has 162 valence electrons. The molecule has 1 aliphatic rings. The molecule has 4 nitrogen and oxygen atoms in total. The van der Waals surface area contributed by atoms with E-state index in [4.69, 9.17) is 9.47 Å². The molecular formula is C26H29FN2O2. The van der Waals surface area contributed by atoms with Gasteiger partial charge in [-0.05, 0) is 60.0 Å². The van der Waals surface area contributed by atoms with E-state index in [9.17, 15) is 4.39 Å². The Morgan fingerprint density at radius 2 is 1.29 bits per heavy atom. The molecule has 0 amide bonds. The molecule has 1 heterocycles. The van der Waals surface area contributed by atoms with Gasteiger partial charge in [0, 0.05) is 26.2 Å². The maximum Gasteiger partial charge on any atom is 0.123 e. The number of benzene rings is 3. The molecule has 1 atom stereocenters. The van der Waals surface area contributed by atoms with E-state index in [0.717, 1.165) is 43.2 Å². The molecule has 3 aromatic rings. The van der Waals surface area contributed by atoms with Crippen molar-refractivity contribution in [3.8, 4) is 11.5 Å². The Balaban J connectivity index is 1.56. The van der Waals surface area contributed by atoms with E-state index >= 15 is 0 Å². The predicted molar refractivity (Wildman–Crippen MR) is 121 cm³/mol. The van der Waals surface area contributed by atoms with Crippen molar-refractivity contribution in [3.05, 3.63) is 95.3 Å². The summed E-state index contributed by atoms with van der Waals surface area (Å²) in [7, 11) is 1.68. The molecule has 5 heteroatoms. The maximum atomic E-state index is 13.4. The van der Waals surface area contributed by atoms with E-state index in [-0.39, 0.29) is 12.0 Å². The Morgan fingerprint density at radius 3 is 1.81 bits per heavy atom. The molecule has 1 fully saturated rings. The van der Waals surface area contributed by atoms with Crippen LogP contribution in [-0.4, -0.2) is 36.6 Å². The third-order valence-electron chi connectivity index (χ3n) is 5.70. The maximum absolute atomic E-state index is 13.4. The second kappa shape index (κ2) is 9.94. The first-order chi connectivity index (χ1) is 15.2. The molecule has 0 bridgehead atoms. The summed E-state index contributed by atoms with van der Waals surface area (Å²) in [5.41, 5.74) is 3.60. The zero-order valence-corrected chi connectivity index (χ0v) is 18.1. The standard InChI is InChI=1S/C26H29FN2O2/c1-3-31-25-12-6-21(7-13-25)19-29-17-16-28(18-20-4-10-23(27)11-5-20)26(29)22-8-14-24(30-2)15-9-22/h4-15,26H,3,16-19H2,1-2H3/t26-/m0/s1. The molecule has 4 rings (SSSR count). The molecule has 0 spiro atoms. The summed E-state index contributed by atoms with van der Waals surface area (Å²) < 4.78 is 24.3. The molecule has 0 N–H and O–H groups in total. The van der Waals surface area contributed by atoms with Crippen molar-refractivity contribution >= 4 is 0 Å². The van der Waals surface area contributed by atoms with Crippen molar-refractivity contribution in [2.45, 2.75) is 26.2 Å². The Bertz CT molecular complexity index is 958. The minimum atomic E-state index is -0.200. The van der Waals surface area contributed by atoms with E-state index in [1.807, 2.05) is 43.3 Å². The number of nitrogens with zero attached hydrogens (tertiary/aromatic N) is 2. The van der Waals surface area contributed by atoms with Crippen molar-refractivity contribution in [1.82, 2.24) is 9.80 Å². The largest absolute Gasteiger partial charge is 0.497 e. The predicted octanol–water partition coefficient (Wildman–Crippen LogP) is 5.25. The Morgan fingerprint density at radius 1 is 0.774 bits per heavy atom. The summed E-state index contributed by atoms with van der Waals surface area (Å²) >= 11 is 0. The molecule has 1 aliphatic heterocycles. The average molecular weight is 421 g/mol. The number of halogens is 1. The van der Waals surface area contributed by atoms with Crippen LogP contribution < -0.4 is 9.47 Å². The molecular weight excluding hydrogens is 391 g/mol. The van der Waals surface area contributed by atoms with Gasteiger partial charge in [0.25, 0.3) is 0 Å². The summed E-state index contributed by atoms with van der Waals surface area (Å²) in [6.07, 6.45) is 0.141. The summed E-state index contributed by atoms with van der Waals surface area (Å²) in [6, 6.07) is 23.5. The molecule has 31 heavy (non-hydrogen) atoms. The fourth-order valence-corrected chi connectivity index (χ4v) is 4.18. The van der Waals surface area contributed by atoms with E-state index in [2.05, 4.69) is 34.1 Å². The topological polar surface area (TPSA) is 24.9 Å². The number of ether oxygens (including phenoxy) is 2.